The van der Waals surface area contributed by atoms with Crippen LogP contribution in [0.1, 0.15) is 31.1 Å². The van der Waals surface area contributed by atoms with Crippen molar-refractivity contribution in [3.8, 4) is 0 Å². The van der Waals surface area contributed by atoms with Gasteiger partial charge in [-0.2, -0.15) is 0 Å². The summed E-state index contributed by atoms with van der Waals surface area (Å²) in [5.74, 6) is 0.274. The van der Waals surface area contributed by atoms with Gasteiger partial charge in [0, 0.05) is 36.5 Å². The zero-order chi connectivity index (χ0) is 14.9. The molecule has 0 amide bonds. The molecule has 7 heteroatoms. The quantitative estimate of drug-likeness (QED) is 0.798. The molecular weight excluding hydrogens is 308 g/mol. The van der Waals surface area contributed by atoms with Crippen LogP contribution in [0.2, 0.25) is 0 Å². The Morgan fingerprint density at radius 3 is 2.81 bits per heavy atom. The first-order valence-electron chi connectivity index (χ1n) is 7.48. The molecular formula is C14H22N2O3S2. The van der Waals surface area contributed by atoms with Crippen molar-refractivity contribution in [2.75, 3.05) is 13.2 Å². The lowest BCUT2D eigenvalue weighted by molar-refractivity contribution is 0.107. The summed E-state index contributed by atoms with van der Waals surface area (Å²) in [4.78, 5) is 1.07. The van der Waals surface area contributed by atoms with Crippen molar-refractivity contribution in [3.63, 3.8) is 0 Å². The zero-order valence-electron chi connectivity index (χ0n) is 12.2. The van der Waals surface area contributed by atoms with Crippen molar-refractivity contribution in [3.05, 3.63) is 17.0 Å². The molecule has 21 heavy (non-hydrogen) atoms. The molecule has 1 aliphatic carbocycles. The summed E-state index contributed by atoms with van der Waals surface area (Å²) in [6.07, 6.45) is 3.53. The lowest BCUT2D eigenvalue weighted by Gasteiger charge is -2.14. The van der Waals surface area contributed by atoms with Gasteiger partial charge >= 0.3 is 0 Å². The van der Waals surface area contributed by atoms with E-state index in [0.717, 1.165) is 24.4 Å². The molecule has 2 fully saturated rings. The largest absolute Gasteiger partial charge is 0.378 e. The molecule has 2 aliphatic rings. The predicted molar refractivity (Wildman–Crippen MR) is 82.9 cm³/mol. The molecule has 5 nitrogen and oxygen atoms in total. The second kappa shape index (κ2) is 6.34. The van der Waals surface area contributed by atoms with Gasteiger partial charge in [0.25, 0.3) is 0 Å². The van der Waals surface area contributed by atoms with E-state index in [2.05, 4.69) is 10.0 Å². The zero-order valence-corrected chi connectivity index (χ0v) is 13.8. The first-order valence-corrected chi connectivity index (χ1v) is 9.78. The van der Waals surface area contributed by atoms with Gasteiger partial charge in [-0.25, -0.2) is 13.1 Å². The van der Waals surface area contributed by atoms with Gasteiger partial charge in [0.2, 0.25) is 10.0 Å². The molecule has 1 saturated carbocycles. The Kier molecular flexibility index (Phi) is 4.66. The van der Waals surface area contributed by atoms with Crippen molar-refractivity contribution in [2.45, 2.75) is 49.1 Å². The van der Waals surface area contributed by atoms with Crippen molar-refractivity contribution in [1.29, 1.82) is 0 Å². The van der Waals surface area contributed by atoms with E-state index in [0.29, 0.717) is 16.8 Å². The van der Waals surface area contributed by atoms with Crippen molar-refractivity contribution in [2.24, 2.45) is 5.92 Å². The predicted octanol–water partition coefficient (Wildman–Crippen LogP) is 1.70. The summed E-state index contributed by atoms with van der Waals surface area (Å²) in [5, 5.41) is 3.40. The fourth-order valence-corrected chi connectivity index (χ4v) is 4.91. The van der Waals surface area contributed by atoms with Gasteiger partial charge < -0.3 is 10.1 Å². The van der Waals surface area contributed by atoms with Gasteiger partial charge in [-0.15, -0.1) is 11.3 Å². The average molecular weight is 330 g/mol. The third kappa shape index (κ3) is 4.04. The van der Waals surface area contributed by atoms with Crippen LogP contribution in [0.3, 0.4) is 0 Å². The minimum Gasteiger partial charge on any atom is -0.378 e. The topological polar surface area (TPSA) is 67.4 Å². The first-order chi connectivity index (χ1) is 10.0. The highest BCUT2D eigenvalue weighted by molar-refractivity contribution is 7.91. The maximum absolute atomic E-state index is 12.3. The van der Waals surface area contributed by atoms with E-state index in [1.807, 2.05) is 13.0 Å². The summed E-state index contributed by atoms with van der Waals surface area (Å²) >= 11 is 1.35. The minimum atomic E-state index is -3.39. The van der Waals surface area contributed by atoms with Crippen molar-refractivity contribution < 1.29 is 13.2 Å². The molecule has 0 radical (unpaired) electrons. The van der Waals surface area contributed by atoms with E-state index >= 15 is 0 Å². The number of thiophene rings is 1. The fraction of sp³-hybridized carbons (Fsp3) is 0.714. The Morgan fingerprint density at radius 1 is 1.33 bits per heavy atom. The second-order valence-electron chi connectivity index (χ2n) is 5.85. The van der Waals surface area contributed by atoms with Crippen LogP contribution in [-0.2, 0) is 21.3 Å². The third-order valence-corrected chi connectivity index (χ3v) is 7.11. The molecule has 0 spiro atoms. The number of rotatable bonds is 7. The summed E-state index contributed by atoms with van der Waals surface area (Å²) in [6, 6.07) is 4.23. The van der Waals surface area contributed by atoms with E-state index in [1.165, 1.54) is 24.2 Å². The lowest BCUT2D eigenvalue weighted by Crippen LogP contribution is -2.31. The molecule has 118 valence electrons. The van der Waals surface area contributed by atoms with Gasteiger partial charge in [-0.3, -0.25) is 0 Å². The molecule has 1 aromatic rings. The number of hydrogen-bond donors (Lipinski definition) is 2. The monoisotopic (exact) mass is 330 g/mol. The van der Waals surface area contributed by atoms with Crippen LogP contribution in [0.5, 0.6) is 0 Å². The molecule has 2 unspecified atom stereocenters. The van der Waals surface area contributed by atoms with E-state index in [-0.39, 0.29) is 12.0 Å². The van der Waals surface area contributed by atoms with E-state index in [1.54, 1.807) is 6.07 Å². The normalized spacial score (nSPS) is 26.3. The summed E-state index contributed by atoms with van der Waals surface area (Å²) in [5.41, 5.74) is 0. The van der Waals surface area contributed by atoms with E-state index < -0.39 is 10.0 Å². The molecule has 1 aromatic heterocycles. The Morgan fingerprint density at radius 2 is 2.14 bits per heavy atom. The molecule has 2 heterocycles. The SMILES string of the molecule is CC1OCCC1CNS(=O)(=O)c1ccc(CNC2CC2)s1. The van der Waals surface area contributed by atoms with E-state index in [4.69, 9.17) is 4.74 Å². The molecule has 0 aromatic carbocycles. The van der Waals surface area contributed by atoms with Crippen LogP contribution in [0.25, 0.3) is 0 Å². The summed E-state index contributed by atoms with van der Waals surface area (Å²) in [7, 11) is -3.39. The van der Waals surface area contributed by atoms with Crippen LogP contribution in [-0.4, -0.2) is 33.7 Å². The second-order valence-corrected chi connectivity index (χ2v) is 9.01. The highest BCUT2D eigenvalue weighted by Crippen LogP contribution is 2.25. The smallest absolute Gasteiger partial charge is 0.250 e. The van der Waals surface area contributed by atoms with Gasteiger partial charge in [0.05, 0.1) is 6.10 Å². The summed E-state index contributed by atoms with van der Waals surface area (Å²) < 4.78 is 33.2. The molecule has 2 atom stereocenters. The van der Waals surface area contributed by atoms with Crippen LogP contribution < -0.4 is 10.0 Å². The van der Waals surface area contributed by atoms with Crippen molar-refractivity contribution in [1.82, 2.24) is 10.0 Å². The number of hydrogen-bond acceptors (Lipinski definition) is 5. The molecule has 3 rings (SSSR count). The number of ether oxygens (including phenoxy) is 1. The van der Waals surface area contributed by atoms with Crippen LogP contribution >= 0.6 is 11.3 Å². The Balaban J connectivity index is 1.55. The number of sulfonamides is 1. The first kappa shape index (κ1) is 15.4. The van der Waals surface area contributed by atoms with Crippen LogP contribution in [0.15, 0.2) is 16.3 Å². The highest BCUT2D eigenvalue weighted by atomic mass is 32.2. The van der Waals surface area contributed by atoms with Gasteiger partial charge in [-0.1, -0.05) is 0 Å². The molecule has 0 bridgehead atoms. The van der Waals surface area contributed by atoms with Gasteiger partial charge in [0.15, 0.2) is 0 Å². The fourth-order valence-electron chi connectivity index (χ4n) is 2.46. The molecule has 1 aliphatic heterocycles. The lowest BCUT2D eigenvalue weighted by atomic mass is 10.0. The third-order valence-electron chi connectivity index (χ3n) is 4.11. The van der Waals surface area contributed by atoms with Crippen molar-refractivity contribution >= 4 is 21.4 Å². The number of nitrogens with one attached hydrogen (secondary N) is 2. The minimum absolute atomic E-state index is 0.134. The molecule has 2 N–H and O–H groups in total. The van der Waals surface area contributed by atoms with E-state index in [9.17, 15) is 8.42 Å². The maximum Gasteiger partial charge on any atom is 0.250 e. The highest BCUT2D eigenvalue weighted by Gasteiger charge is 2.27. The Hall–Kier alpha value is -0.470. The van der Waals surface area contributed by atoms with Gasteiger partial charge in [0.1, 0.15) is 4.21 Å². The Bertz CT molecular complexity index is 581. The molecule has 1 saturated heterocycles. The van der Waals surface area contributed by atoms with Crippen LogP contribution in [0, 0.1) is 5.92 Å². The van der Waals surface area contributed by atoms with Gasteiger partial charge in [-0.05, 0) is 38.3 Å². The Labute approximate surface area is 130 Å². The van der Waals surface area contributed by atoms with Crippen LogP contribution in [0.4, 0.5) is 0 Å². The summed E-state index contributed by atoms with van der Waals surface area (Å²) in [6.45, 7) is 3.94. The standard InChI is InChI=1S/C14H22N2O3S2/c1-10-11(6-7-19-10)8-16-21(17,18)14-5-4-13(20-14)9-15-12-2-3-12/h4-5,10-12,15-16H,2-3,6-9H2,1H3. The average Bonchev–Trinajstić information content (AvgIpc) is 2.98. The maximum atomic E-state index is 12.3.